The number of ether oxygens (including phenoxy) is 1. The Morgan fingerprint density at radius 1 is 1.35 bits per heavy atom. The van der Waals surface area contributed by atoms with E-state index >= 15 is 0 Å². The van der Waals surface area contributed by atoms with E-state index in [-0.39, 0.29) is 18.4 Å². The Morgan fingerprint density at radius 2 is 2.00 bits per heavy atom. The molecular weight excluding hydrogens is 256 g/mol. The third-order valence-electron chi connectivity index (χ3n) is 2.21. The number of nitriles is 1. The van der Waals surface area contributed by atoms with Gasteiger partial charge in [-0.15, -0.1) is 12.4 Å². The molecule has 0 aromatic heterocycles. The first kappa shape index (κ1) is 16.1. The average molecular weight is 273 g/mol. The summed E-state index contributed by atoms with van der Waals surface area (Å²) in [6.45, 7) is 0.646. The van der Waals surface area contributed by atoms with E-state index in [1.54, 1.807) is 24.3 Å². The first-order valence-electron chi connectivity index (χ1n) is 5.25. The van der Waals surface area contributed by atoms with Crippen LogP contribution < -0.4 is 10.5 Å². The quantitative estimate of drug-likeness (QED) is 0.618. The van der Waals surface area contributed by atoms with Gasteiger partial charge in [0.25, 0.3) is 0 Å². The molecular formula is C12H17ClN2OS. The number of benzene rings is 1. The highest BCUT2D eigenvalue weighted by molar-refractivity contribution is 7.80. The summed E-state index contributed by atoms with van der Waals surface area (Å²) in [6, 6.07) is 9.30. The van der Waals surface area contributed by atoms with Gasteiger partial charge in [-0.2, -0.15) is 17.9 Å². The summed E-state index contributed by atoms with van der Waals surface area (Å²) < 4.78 is 5.51. The van der Waals surface area contributed by atoms with Crippen molar-refractivity contribution in [3.8, 4) is 11.8 Å². The molecule has 0 bridgehead atoms. The molecule has 1 aromatic carbocycles. The van der Waals surface area contributed by atoms with Crippen LogP contribution in [0.2, 0.25) is 0 Å². The Bertz CT molecular complexity index is 351. The van der Waals surface area contributed by atoms with Gasteiger partial charge < -0.3 is 10.5 Å². The van der Waals surface area contributed by atoms with E-state index in [4.69, 9.17) is 15.7 Å². The maximum absolute atomic E-state index is 8.62. The zero-order valence-electron chi connectivity index (χ0n) is 9.50. The molecule has 0 aliphatic carbocycles. The van der Waals surface area contributed by atoms with Crippen LogP contribution >= 0.6 is 25.0 Å². The van der Waals surface area contributed by atoms with Crippen LogP contribution in [0.3, 0.4) is 0 Å². The molecule has 0 aliphatic rings. The molecule has 0 saturated heterocycles. The van der Waals surface area contributed by atoms with Crippen molar-refractivity contribution >= 4 is 25.0 Å². The number of halogens is 1. The maximum Gasteiger partial charge on any atom is 0.119 e. The highest BCUT2D eigenvalue weighted by Crippen LogP contribution is 2.12. The average Bonchev–Trinajstić information content (AvgIpc) is 2.35. The minimum atomic E-state index is 0. The minimum Gasteiger partial charge on any atom is -0.494 e. The van der Waals surface area contributed by atoms with Crippen molar-refractivity contribution < 1.29 is 4.74 Å². The molecule has 0 fully saturated rings. The maximum atomic E-state index is 8.62. The lowest BCUT2D eigenvalue weighted by Crippen LogP contribution is -2.22. The van der Waals surface area contributed by atoms with Gasteiger partial charge in [0.15, 0.2) is 0 Å². The van der Waals surface area contributed by atoms with E-state index in [2.05, 4.69) is 18.7 Å². The van der Waals surface area contributed by atoms with Crippen LogP contribution in [0.4, 0.5) is 0 Å². The zero-order valence-corrected chi connectivity index (χ0v) is 11.2. The van der Waals surface area contributed by atoms with Crippen LogP contribution in [0.1, 0.15) is 18.4 Å². The molecule has 2 N–H and O–H groups in total. The smallest absolute Gasteiger partial charge is 0.119 e. The molecule has 0 amide bonds. The molecule has 1 atom stereocenters. The molecule has 0 radical (unpaired) electrons. The van der Waals surface area contributed by atoms with E-state index in [0.717, 1.165) is 18.6 Å². The summed E-state index contributed by atoms with van der Waals surface area (Å²) in [6.07, 6.45) is 1.83. The first-order valence-corrected chi connectivity index (χ1v) is 5.89. The molecule has 94 valence electrons. The predicted molar refractivity (Wildman–Crippen MR) is 75.0 cm³/mol. The lowest BCUT2D eigenvalue weighted by molar-refractivity contribution is 0.303. The summed E-state index contributed by atoms with van der Waals surface area (Å²) in [4.78, 5) is 0. The fourth-order valence-electron chi connectivity index (χ4n) is 1.25. The number of hydrogen-bond donors (Lipinski definition) is 2. The van der Waals surface area contributed by atoms with Crippen LogP contribution in [0.15, 0.2) is 24.3 Å². The Morgan fingerprint density at radius 3 is 2.53 bits per heavy atom. The van der Waals surface area contributed by atoms with Crippen molar-refractivity contribution in [3.63, 3.8) is 0 Å². The Labute approximate surface area is 114 Å². The summed E-state index contributed by atoms with van der Waals surface area (Å²) >= 11 is 4.11. The van der Waals surface area contributed by atoms with Gasteiger partial charge in [0.1, 0.15) is 5.75 Å². The number of rotatable bonds is 6. The van der Waals surface area contributed by atoms with Gasteiger partial charge in [0, 0.05) is 11.8 Å². The lowest BCUT2D eigenvalue weighted by Gasteiger charge is -2.09. The molecule has 0 aliphatic heterocycles. The number of hydrogen-bond acceptors (Lipinski definition) is 4. The third-order valence-corrected chi connectivity index (χ3v) is 2.67. The highest BCUT2D eigenvalue weighted by Gasteiger charge is 1.99. The van der Waals surface area contributed by atoms with Gasteiger partial charge in [-0.05, 0) is 37.1 Å². The SMILES string of the molecule is Cl.N#Cc1ccc(OCCC[C@@H](N)CS)cc1. The second kappa shape index (κ2) is 9.17. The lowest BCUT2D eigenvalue weighted by atomic mass is 10.2. The van der Waals surface area contributed by atoms with E-state index in [1.807, 2.05) is 0 Å². The molecule has 0 heterocycles. The monoisotopic (exact) mass is 272 g/mol. The highest BCUT2D eigenvalue weighted by atomic mass is 35.5. The molecule has 5 heteroatoms. The fraction of sp³-hybridized carbons (Fsp3) is 0.417. The third kappa shape index (κ3) is 6.42. The molecule has 0 spiro atoms. The minimum absolute atomic E-state index is 0. The normalized spacial score (nSPS) is 11.1. The van der Waals surface area contributed by atoms with Crippen LogP contribution in [0, 0.1) is 11.3 Å². The Hall–Kier alpha value is -0.890. The van der Waals surface area contributed by atoms with E-state index in [0.29, 0.717) is 17.9 Å². The van der Waals surface area contributed by atoms with E-state index in [1.165, 1.54) is 0 Å². The number of nitrogens with two attached hydrogens (primary N) is 1. The van der Waals surface area contributed by atoms with Gasteiger partial charge in [-0.3, -0.25) is 0 Å². The molecule has 1 rings (SSSR count). The van der Waals surface area contributed by atoms with Crippen LogP contribution in [0.5, 0.6) is 5.75 Å². The van der Waals surface area contributed by atoms with Crippen LogP contribution in [-0.4, -0.2) is 18.4 Å². The second-order valence-corrected chi connectivity index (χ2v) is 3.93. The van der Waals surface area contributed by atoms with Crippen molar-refractivity contribution in [2.75, 3.05) is 12.4 Å². The molecule has 1 aromatic rings. The van der Waals surface area contributed by atoms with Crippen LogP contribution in [-0.2, 0) is 0 Å². The van der Waals surface area contributed by atoms with Crippen molar-refractivity contribution in [1.29, 1.82) is 5.26 Å². The second-order valence-electron chi connectivity index (χ2n) is 3.57. The fourth-order valence-corrected chi connectivity index (χ4v) is 1.44. The number of thiol groups is 1. The largest absolute Gasteiger partial charge is 0.494 e. The molecule has 17 heavy (non-hydrogen) atoms. The van der Waals surface area contributed by atoms with Gasteiger partial charge in [-0.1, -0.05) is 0 Å². The van der Waals surface area contributed by atoms with Gasteiger partial charge in [0.2, 0.25) is 0 Å². The summed E-state index contributed by atoms with van der Waals surface area (Å²) in [5.74, 6) is 1.50. The zero-order chi connectivity index (χ0) is 11.8. The standard InChI is InChI=1S/C12H16N2OS.ClH/c13-8-10-3-5-12(6-4-10)15-7-1-2-11(14)9-16;/h3-6,11,16H,1-2,7,9,14H2;1H/t11-;/m1./s1. The van der Waals surface area contributed by atoms with Crippen molar-refractivity contribution in [1.82, 2.24) is 0 Å². The van der Waals surface area contributed by atoms with Crippen molar-refractivity contribution in [3.05, 3.63) is 29.8 Å². The first-order chi connectivity index (χ1) is 7.76. The summed E-state index contributed by atoms with van der Waals surface area (Å²) in [5, 5.41) is 8.62. The molecule has 3 nitrogen and oxygen atoms in total. The Balaban J connectivity index is 0.00000256. The van der Waals surface area contributed by atoms with Gasteiger partial charge >= 0.3 is 0 Å². The van der Waals surface area contributed by atoms with Crippen LogP contribution in [0.25, 0.3) is 0 Å². The van der Waals surface area contributed by atoms with E-state index < -0.39 is 0 Å². The van der Waals surface area contributed by atoms with E-state index in [9.17, 15) is 0 Å². The number of nitrogens with zero attached hydrogens (tertiary/aromatic N) is 1. The van der Waals surface area contributed by atoms with Gasteiger partial charge in [0.05, 0.1) is 18.2 Å². The topological polar surface area (TPSA) is 59.0 Å². The molecule has 0 unspecified atom stereocenters. The predicted octanol–water partition coefficient (Wildman–Crippen LogP) is 2.40. The summed E-state index contributed by atoms with van der Waals surface area (Å²) in [7, 11) is 0. The molecule has 0 saturated carbocycles. The Kier molecular flexibility index (Phi) is 8.69. The van der Waals surface area contributed by atoms with Crippen molar-refractivity contribution in [2.45, 2.75) is 18.9 Å². The van der Waals surface area contributed by atoms with Gasteiger partial charge in [-0.25, -0.2) is 0 Å². The van der Waals surface area contributed by atoms with Crippen molar-refractivity contribution in [2.24, 2.45) is 5.73 Å². The summed E-state index contributed by atoms with van der Waals surface area (Å²) in [5.41, 5.74) is 6.37.